The van der Waals surface area contributed by atoms with Crippen LogP contribution >= 0.6 is 0 Å². The summed E-state index contributed by atoms with van der Waals surface area (Å²) < 4.78 is 3.41. The number of allylic oxidation sites excluding steroid dienone is 3. The molecule has 1 N–H and O–H groups in total. The molecule has 155 valence electrons. The number of anilines is 1. The maximum absolute atomic E-state index is 12.4. The first-order chi connectivity index (χ1) is 13.9. The molecular weight excluding hydrogens is 452 g/mol. The van der Waals surface area contributed by atoms with Crippen LogP contribution < -0.4 is 9.88 Å². The van der Waals surface area contributed by atoms with E-state index in [0.29, 0.717) is 11.5 Å². The molecule has 0 saturated carbocycles. The molecule has 0 aliphatic carbocycles. The van der Waals surface area contributed by atoms with E-state index in [1.165, 1.54) is 0 Å². The van der Waals surface area contributed by atoms with Crippen LogP contribution in [0.15, 0.2) is 54.9 Å². The number of nitrogens with zero attached hydrogens (tertiary/aromatic N) is 5. The van der Waals surface area contributed by atoms with Crippen molar-refractivity contribution in [2.45, 2.75) is 34.1 Å². The number of carbonyl (C=O) groups is 1. The predicted octanol–water partition coefficient (Wildman–Crippen LogP) is 3.22. The van der Waals surface area contributed by atoms with Gasteiger partial charge < -0.3 is 10.1 Å². The molecule has 0 fully saturated rings. The molecule has 0 aromatic carbocycles. The van der Waals surface area contributed by atoms with E-state index in [4.69, 9.17) is 7.98 Å². The first-order valence-electron chi connectivity index (χ1n) is 9.56. The third kappa shape index (κ3) is 8.76. The summed E-state index contributed by atoms with van der Waals surface area (Å²) in [5.74, 6) is 0.695. The Morgan fingerprint density at radius 1 is 1.47 bits per heavy atom. The number of hydrogen-bond acceptors (Lipinski definition) is 3. The molecule has 2 heterocycles. The fourth-order valence-electron chi connectivity index (χ4n) is 2.40. The number of hydrogen-bond donors (Lipinski definition) is 1. The number of nitrogens with one attached hydrogen (secondary N) is 1. The summed E-state index contributed by atoms with van der Waals surface area (Å²) in [6, 6.07) is 4.33. The second kappa shape index (κ2) is 14.9. The van der Waals surface area contributed by atoms with E-state index in [1.807, 2.05) is 53.0 Å². The molecular formula is C21H29BN6OY. The number of amides is 2. The first kappa shape index (κ1) is 27.9. The number of aryl methyl sites for hydroxylation is 2. The van der Waals surface area contributed by atoms with Crippen molar-refractivity contribution in [2.75, 3.05) is 11.9 Å². The van der Waals surface area contributed by atoms with Crippen LogP contribution in [0, 0.1) is 13.0 Å². The zero-order valence-corrected chi connectivity index (χ0v) is 21.3. The van der Waals surface area contributed by atoms with Gasteiger partial charge in [-0.15, -0.1) is 15.8 Å². The summed E-state index contributed by atoms with van der Waals surface area (Å²) >= 11 is 0. The minimum Gasteiger partial charge on any atom is -0.384 e. The summed E-state index contributed by atoms with van der Waals surface area (Å²) in [5, 5.41) is 10.7. The van der Waals surface area contributed by atoms with Gasteiger partial charge in [-0.1, -0.05) is 57.3 Å². The molecule has 30 heavy (non-hydrogen) atoms. The summed E-state index contributed by atoms with van der Waals surface area (Å²) in [5.41, 5.74) is 2.31. The van der Waals surface area contributed by atoms with Crippen molar-refractivity contribution >= 4 is 19.7 Å². The summed E-state index contributed by atoms with van der Waals surface area (Å²) in [7, 11) is 7.75. The molecule has 0 unspecified atom stereocenters. The summed E-state index contributed by atoms with van der Waals surface area (Å²) in [4.78, 5) is 13.5. The molecule has 3 radical (unpaired) electrons. The quantitative estimate of drug-likeness (QED) is 0.286. The molecule has 2 rings (SSSR count). The third-order valence-electron chi connectivity index (χ3n) is 3.63. The largest absolute Gasteiger partial charge is 0.384 e. The predicted molar refractivity (Wildman–Crippen MR) is 117 cm³/mol. The molecule has 2 amide bonds. The van der Waals surface area contributed by atoms with Crippen molar-refractivity contribution in [3.05, 3.63) is 66.7 Å². The molecule has 0 atom stereocenters. The molecule has 0 bridgehead atoms. The van der Waals surface area contributed by atoms with E-state index in [0.717, 1.165) is 22.5 Å². The van der Waals surface area contributed by atoms with Gasteiger partial charge in [0.15, 0.2) is 0 Å². The van der Waals surface area contributed by atoms with E-state index < -0.39 is 6.03 Å². The molecule has 0 aliphatic rings. The Morgan fingerprint density at radius 2 is 2.17 bits per heavy atom. The van der Waals surface area contributed by atoms with E-state index in [9.17, 15) is 4.79 Å². The Hall–Kier alpha value is -2.05. The van der Waals surface area contributed by atoms with Crippen molar-refractivity contribution in [1.82, 2.24) is 19.8 Å². The van der Waals surface area contributed by atoms with Gasteiger partial charge in [0.25, 0.3) is 6.03 Å². The molecule has 9 heteroatoms. The van der Waals surface area contributed by atoms with Crippen LogP contribution in [0.4, 0.5) is 10.5 Å². The van der Waals surface area contributed by atoms with Crippen LogP contribution in [-0.4, -0.2) is 40.4 Å². The molecule has 0 aliphatic heterocycles. The van der Waals surface area contributed by atoms with Crippen LogP contribution in [0.25, 0.3) is 5.82 Å². The van der Waals surface area contributed by atoms with E-state index in [-0.39, 0.29) is 39.3 Å². The van der Waals surface area contributed by atoms with Gasteiger partial charge in [-0.2, -0.15) is 0 Å². The zero-order valence-electron chi connectivity index (χ0n) is 18.5. The average Bonchev–Trinajstić information content (AvgIpc) is 3.13. The van der Waals surface area contributed by atoms with Gasteiger partial charge in [-0.05, 0) is 18.9 Å². The SMILES string of the molecule is CC.[B]N(CC(/C=C\C=C)=C/CC)C(=O)Nc1c[c-]c(-n2cc(C)nn2)[n+](C)c1.[Y]. The molecule has 7 nitrogen and oxygen atoms in total. The van der Waals surface area contributed by atoms with Gasteiger partial charge in [0, 0.05) is 50.7 Å². The van der Waals surface area contributed by atoms with Crippen LogP contribution in [0.2, 0.25) is 0 Å². The summed E-state index contributed by atoms with van der Waals surface area (Å²) in [6.07, 6.45) is 11.8. The number of rotatable bonds is 7. The Labute approximate surface area is 206 Å². The van der Waals surface area contributed by atoms with Crippen LogP contribution in [0.1, 0.15) is 32.9 Å². The average molecular weight is 481 g/mol. The van der Waals surface area contributed by atoms with Crippen molar-refractivity contribution in [3.63, 3.8) is 0 Å². The Balaban J connectivity index is 0.00000272. The van der Waals surface area contributed by atoms with Gasteiger partial charge >= 0.3 is 0 Å². The zero-order chi connectivity index (χ0) is 21.8. The second-order valence-corrected chi connectivity index (χ2v) is 5.95. The number of carbonyl (C=O) groups excluding carboxylic acids is 1. The van der Waals surface area contributed by atoms with Crippen LogP contribution in [0.5, 0.6) is 0 Å². The number of aromatic nitrogens is 4. The van der Waals surface area contributed by atoms with Crippen LogP contribution in [0.3, 0.4) is 0 Å². The first-order valence-corrected chi connectivity index (χ1v) is 9.56. The minimum atomic E-state index is -0.415. The summed E-state index contributed by atoms with van der Waals surface area (Å²) in [6.45, 7) is 11.8. The van der Waals surface area contributed by atoms with Gasteiger partial charge in [0.05, 0.1) is 7.05 Å². The third-order valence-corrected chi connectivity index (χ3v) is 3.63. The van der Waals surface area contributed by atoms with Crippen molar-refractivity contribution < 1.29 is 42.1 Å². The van der Waals surface area contributed by atoms with Crippen molar-refractivity contribution in [1.29, 1.82) is 0 Å². The second-order valence-electron chi connectivity index (χ2n) is 5.95. The van der Waals surface area contributed by atoms with E-state index >= 15 is 0 Å². The minimum absolute atomic E-state index is 0. The Morgan fingerprint density at radius 3 is 2.70 bits per heavy atom. The van der Waals surface area contributed by atoms with E-state index in [2.05, 4.69) is 28.3 Å². The molecule has 0 saturated heterocycles. The topological polar surface area (TPSA) is 66.9 Å². The number of urea groups is 1. The van der Waals surface area contributed by atoms with Gasteiger partial charge in [-0.3, -0.25) is 9.36 Å². The maximum atomic E-state index is 12.4. The van der Waals surface area contributed by atoms with Gasteiger partial charge in [-0.25, -0.2) is 6.07 Å². The maximum Gasteiger partial charge on any atom is 0.292 e. The Bertz CT molecular complexity index is 878. The number of pyridine rings is 1. The molecule has 2 aromatic rings. The molecule has 0 spiro atoms. The van der Waals surface area contributed by atoms with Gasteiger partial charge in [0.1, 0.15) is 11.9 Å². The van der Waals surface area contributed by atoms with E-state index in [1.54, 1.807) is 33.8 Å². The normalized spacial score (nSPS) is 10.6. The van der Waals surface area contributed by atoms with Gasteiger partial charge in [0.2, 0.25) is 13.8 Å². The Kier molecular flexibility index (Phi) is 13.8. The fourth-order valence-corrected chi connectivity index (χ4v) is 2.40. The standard InChI is InChI=1S/C19H23BN6O.C2H6.Y/c1-5-7-9-16(8-6-2)13-25(20)19(27)21-17-10-11-18(24(4)14-17)26-12-15(3)22-23-26;1-2;/h5,7-10,12,14H,1,6,13H2,2-4H3,(H,21,27);1-2H3;/b9-7-,16-8+;;. The van der Waals surface area contributed by atoms with Crippen molar-refractivity contribution in [2.24, 2.45) is 7.05 Å². The van der Waals surface area contributed by atoms with Crippen LogP contribution in [-0.2, 0) is 39.8 Å². The fraction of sp³-hybridized carbons (Fsp3) is 0.333. The van der Waals surface area contributed by atoms with Crippen molar-refractivity contribution in [3.8, 4) is 5.82 Å². The smallest absolute Gasteiger partial charge is 0.292 e. The monoisotopic (exact) mass is 481 g/mol. The molecule has 2 aromatic heterocycles.